The van der Waals surface area contributed by atoms with Crippen LogP contribution in [0.25, 0.3) is 0 Å². The molecule has 0 unspecified atom stereocenters. The van der Waals surface area contributed by atoms with Crippen LogP contribution >= 0.6 is 0 Å². The number of benzene rings is 2. The van der Waals surface area contributed by atoms with Crippen LogP contribution in [0, 0.1) is 25.7 Å². The van der Waals surface area contributed by atoms with Crippen molar-refractivity contribution >= 4 is 29.1 Å². The van der Waals surface area contributed by atoms with Crippen LogP contribution in [0.1, 0.15) is 41.3 Å². The lowest BCUT2D eigenvalue weighted by Gasteiger charge is -2.18. The van der Waals surface area contributed by atoms with Crippen molar-refractivity contribution in [1.29, 1.82) is 0 Å². The molecule has 1 aliphatic carbocycles. The molecule has 0 radical (unpaired) electrons. The smallest absolute Gasteiger partial charge is 0.255 e. The van der Waals surface area contributed by atoms with Gasteiger partial charge in [0.25, 0.3) is 5.91 Å². The van der Waals surface area contributed by atoms with Crippen molar-refractivity contribution in [3.05, 3.63) is 70.8 Å². The Balaban J connectivity index is 1.52. The molecule has 1 saturated heterocycles. The highest BCUT2D eigenvalue weighted by Crippen LogP contribution is 2.39. The van der Waals surface area contributed by atoms with Crippen LogP contribution in [0.2, 0.25) is 0 Å². The van der Waals surface area contributed by atoms with Gasteiger partial charge in [-0.05, 0) is 75.1 Å². The molecule has 2 aromatic carbocycles. The second-order valence-corrected chi connectivity index (χ2v) is 7.96. The minimum absolute atomic E-state index is 0.139. The quantitative estimate of drug-likeness (QED) is 0.626. The minimum atomic E-state index is -0.265. The predicted octanol–water partition coefficient (Wildman–Crippen LogP) is 4.40. The molecule has 1 N–H and O–H groups in total. The summed E-state index contributed by atoms with van der Waals surface area (Å²) < 4.78 is 0. The second-order valence-electron chi connectivity index (χ2n) is 7.96. The number of imide groups is 1. The number of anilines is 2. The van der Waals surface area contributed by atoms with E-state index in [2.05, 4.69) is 11.4 Å². The van der Waals surface area contributed by atoms with E-state index in [-0.39, 0.29) is 29.6 Å². The van der Waals surface area contributed by atoms with Crippen molar-refractivity contribution in [2.45, 2.75) is 33.6 Å². The van der Waals surface area contributed by atoms with Crippen LogP contribution in [-0.2, 0) is 9.59 Å². The van der Waals surface area contributed by atoms with Crippen molar-refractivity contribution < 1.29 is 14.4 Å². The van der Waals surface area contributed by atoms with Crippen molar-refractivity contribution in [1.82, 2.24) is 0 Å². The molecule has 29 heavy (non-hydrogen) atoms. The normalized spacial score (nSPS) is 21.1. The molecule has 0 aromatic heterocycles. The molecule has 2 aliphatic rings. The lowest BCUT2D eigenvalue weighted by Crippen LogP contribution is -2.30. The number of rotatable bonds is 3. The first kappa shape index (κ1) is 19.1. The number of carbonyl (C=O) groups is 3. The van der Waals surface area contributed by atoms with Gasteiger partial charge in [-0.2, -0.15) is 0 Å². The number of allylic oxidation sites excluding steroid dienone is 2. The highest BCUT2D eigenvalue weighted by atomic mass is 16.2. The standard InChI is InChI=1S/C24H24N2O3/c1-14-7-12-19-20(13-14)24(29)26(23(19)28)18-10-8-17(9-11-18)22(27)25-21-6-4-5-15(2)16(21)3/h4-11,19-20H,12-13H2,1-3H3,(H,25,27)/t19-,20-/m0/s1. The molecule has 1 aliphatic heterocycles. The molecular weight excluding hydrogens is 364 g/mol. The summed E-state index contributed by atoms with van der Waals surface area (Å²) in [5.74, 6) is -1.03. The van der Waals surface area contributed by atoms with Gasteiger partial charge in [0.2, 0.25) is 11.8 Å². The summed E-state index contributed by atoms with van der Waals surface area (Å²) in [6.07, 6.45) is 3.31. The largest absolute Gasteiger partial charge is 0.322 e. The van der Waals surface area contributed by atoms with Gasteiger partial charge in [-0.15, -0.1) is 0 Å². The SMILES string of the molecule is CC1=CC[C@@H]2C(=O)N(c3ccc(C(=O)Nc4cccc(C)c4C)cc3)C(=O)[C@H]2C1. The Morgan fingerprint density at radius 1 is 0.966 bits per heavy atom. The zero-order valence-electron chi connectivity index (χ0n) is 16.9. The summed E-state index contributed by atoms with van der Waals surface area (Å²) in [5, 5.41) is 2.93. The van der Waals surface area contributed by atoms with Crippen molar-refractivity contribution in [3.63, 3.8) is 0 Å². The van der Waals surface area contributed by atoms with Crippen LogP contribution in [-0.4, -0.2) is 17.7 Å². The summed E-state index contributed by atoms with van der Waals surface area (Å²) in [7, 11) is 0. The molecule has 2 atom stereocenters. The minimum Gasteiger partial charge on any atom is -0.322 e. The fourth-order valence-corrected chi connectivity index (χ4v) is 4.13. The number of nitrogens with one attached hydrogen (secondary N) is 1. The predicted molar refractivity (Wildman–Crippen MR) is 113 cm³/mol. The van der Waals surface area contributed by atoms with Crippen LogP contribution in [0.15, 0.2) is 54.1 Å². The fourth-order valence-electron chi connectivity index (χ4n) is 4.13. The van der Waals surface area contributed by atoms with Crippen LogP contribution in [0.4, 0.5) is 11.4 Å². The van der Waals surface area contributed by atoms with E-state index in [1.165, 1.54) is 4.90 Å². The Hall–Kier alpha value is -3.21. The highest BCUT2D eigenvalue weighted by molar-refractivity contribution is 6.22. The summed E-state index contributed by atoms with van der Waals surface area (Å²) in [6.45, 7) is 5.97. The number of carbonyl (C=O) groups excluding carboxylic acids is 3. The maximum absolute atomic E-state index is 12.8. The molecule has 3 amide bonds. The Morgan fingerprint density at radius 3 is 2.38 bits per heavy atom. The van der Waals surface area contributed by atoms with Crippen molar-refractivity contribution in [2.75, 3.05) is 10.2 Å². The molecule has 0 spiro atoms. The third-order valence-corrected chi connectivity index (χ3v) is 6.06. The fraction of sp³-hybridized carbons (Fsp3) is 0.292. The van der Waals surface area contributed by atoms with Gasteiger partial charge >= 0.3 is 0 Å². The van der Waals surface area contributed by atoms with Gasteiger partial charge in [0.05, 0.1) is 17.5 Å². The van der Waals surface area contributed by atoms with Gasteiger partial charge in [-0.3, -0.25) is 19.3 Å². The van der Waals surface area contributed by atoms with Gasteiger partial charge in [0.15, 0.2) is 0 Å². The lowest BCUT2D eigenvalue weighted by molar-refractivity contribution is -0.122. The Bertz CT molecular complexity index is 1040. The van der Waals surface area contributed by atoms with Gasteiger partial charge in [-0.25, -0.2) is 0 Å². The molecule has 1 heterocycles. The molecule has 2 aromatic rings. The van der Waals surface area contributed by atoms with E-state index in [1.807, 2.05) is 39.0 Å². The molecular formula is C24H24N2O3. The van der Waals surface area contributed by atoms with E-state index in [0.717, 1.165) is 22.4 Å². The molecule has 5 nitrogen and oxygen atoms in total. The topological polar surface area (TPSA) is 66.5 Å². The molecule has 1 fully saturated rings. The van der Waals surface area contributed by atoms with Crippen molar-refractivity contribution in [3.8, 4) is 0 Å². The average Bonchev–Trinajstić information content (AvgIpc) is 2.95. The number of fused-ring (bicyclic) bond motifs is 1. The Labute approximate surface area is 170 Å². The number of hydrogen-bond acceptors (Lipinski definition) is 3. The average molecular weight is 388 g/mol. The maximum Gasteiger partial charge on any atom is 0.255 e. The Kier molecular flexibility index (Phi) is 4.82. The molecule has 148 valence electrons. The van der Waals surface area contributed by atoms with Crippen LogP contribution in [0.5, 0.6) is 0 Å². The summed E-state index contributed by atoms with van der Waals surface area (Å²) in [5.41, 5.74) is 5.07. The van der Waals surface area contributed by atoms with Gasteiger partial charge in [-0.1, -0.05) is 23.8 Å². The van der Waals surface area contributed by atoms with E-state index in [1.54, 1.807) is 24.3 Å². The van der Waals surface area contributed by atoms with Gasteiger partial charge < -0.3 is 5.32 Å². The maximum atomic E-state index is 12.8. The number of nitrogens with zero attached hydrogens (tertiary/aromatic N) is 1. The zero-order chi connectivity index (χ0) is 20.7. The van der Waals surface area contributed by atoms with E-state index >= 15 is 0 Å². The van der Waals surface area contributed by atoms with E-state index in [0.29, 0.717) is 24.1 Å². The van der Waals surface area contributed by atoms with Crippen molar-refractivity contribution in [2.24, 2.45) is 11.8 Å². The Morgan fingerprint density at radius 2 is 1.66 bits per heavy atom. The van der Waals surface area contributed by atoms with E-state index in [9.17, 15) is 14.4 Å². The van der Waals surface area contributed by atoms with E-state index in [4.69, 9.17) is 0 Å². The first-order valence-electron chi connectivity index (χ1n) is 9.88. The third-order valence-electron chi connectivity index (χ3n) is 6.06. The number of hydrogen-bond donors (Lipinski definition) is 1. The molecule has 0 saturated carbocycles. The van der Waals surface area contributed by atoms with E-state index < -0.39 is 0 Å². The van der Waals surface area contributed by atoms with Crippen LogP contribution in [0.3, 0.4) is 0 Å². The molecule has 4 rings (SSSR count). The van der Waals surface area contributed by atoms with Crippen LogP contribution < -0.4 is 10.2 Å². The molecule has 0 bridgehead atoms. The van der Waals surface area contributed by atoms with Gasteiger partial charge in [0, 0.05) is 11.3 Å². The first-order valence-corrected chi connectivity index (χ1v) is 9.88. The monoisotopic (exact) mass is 388 g/mol. The second kappa shape index (κ2) is 7.32. The lowest BCUT2D eigenvalue weighted by atomic mass is 9.82. The molecule has 5 heteroatoms. The summed E-state index contributed by atoms with van der Waals surface area (Å²) in [6, 6.07) is 12.4. The summed E-state index contributed by atoms with van der Waals surface area (Å²) in [4.78, 5) is 39.5. The number of amides is 3. The third kappa shape index (κ3) is 3.37. The highest BCUT2D eigenvalue weighted by Gasteiger charge is 2.48. The van der Waals surface area contributed by atoms with Gasteiger partial charge in [0.1, 0.15) is 0 Å². The first-order chi connectivity index (χ1) is 13.9. The summed E-state index contributed by atoms with van der Waals surface area (Å²) >= 11 is 0. The number of aryl methyl sites for hydroxylation is 1. The zero-order valence-corrected chi connectivity index (χ0v) is 16.9.